The highest BCUT2D eigenvalue weighted by Crippen LogP contribution is 2.38. The number of alkyl halides is 1. The Hall–Kier alpha value is -3.17. The highest BCUT2D eigenvalue weighted by Gasteiger charge is 2.39. The predicted octanol–water partition coefficient (Wildman–Crippen LogP) is 4.95. The summed E-state index contributed by atoms with van der Waals surface area (Å²) in [6.45, 7) is 4.15. The van der Waals surface area contributed by atoms with Gasteiger partial charge in [-0.3, -0.25) is 4.79 Å². The van der Waals surface area contributed by atoms with E-state index in [4.69, 9.17) is 9.72 Å². The highest BCUT2D eigenvalue weighted by atomic mass is 19.1. The van der Waals surface area contributed by atoms with Gasteiger partial charge in [-0.15, -0.1) is 0 Å². The molecular formula is C30H34F3N4O2. The molecule has 39 heavy (non-hydrogen) atoms. The van der Waals surface area contributed by atoms with E-state index in [1.807, 2.05) is 34.9 Å². The number of nitrogens with zero attached hydrogens (tertiary/aromatic N) is 3. The average Bonchev–Trinajstić information content (AvgIpc) is 3.56. The molecule has 207 valence electrons. The van der Waals surface area contributed by atoms with Crippen LogP contribution in [0.25, 0.3) is 11.3 Å². The topological polar surface area (TPSA) is 59.4 Å². The minimum absolute atomic E-state index is 0.00259. The quantitative estimate of drug-likeness (QED) is 0.418. The van der Waals surface area contributed by atoms with E-state index in [9.17, 15) is 18.0 Å². The summed E-state index contributed by atoms with van der Waals surface area (Å²) >= 11 is 0. The number of rotatable bonds is 9. The molecule has 9 heteroatoms. The molecule has 1 amide bonds. The van der Waals surface area contributed by atoms with E-state index >= 15 is 0 Å². The SMILES string of the molecule is C[CH]C(=O)N(C[C@@H]1CNC[C@@H]1F)C(c1nc(-c2cc(F)ccc2F)cn1Cc1ccccc1)C1CCOCC1. The minimum Gasteiger partial charge on any atom is -0.381 e. The van der Waals surface area contributed by atoms with Gasteiger partial charge in [0.2, 0.25) is 5.91 Å². The van der Waals surface area contributed by atoms with E-state index in [0.29, 0.717) is 45.0 Å². The number of benzene rings is 2. The van der Waals surface area contributed by atoms with Gasteiger partial charge in [-0.1, -0.05) is 37.3 Å². The van der Waals surface area contributed by atoms with E-state index in [-0.39, 0.29) is 42.1 Å². The van der Waals surface area contributed by atoms with Gasteiger partial charge in [-0.2, -0.15) is 0 Å². The Labute approximate surface area is 227 Å². The van der Waals surface area contributed by atoms with Crippen LogP contribution in [0.1, 0.15) is 37.2 Å². The Morgan fingerprint density at radius 2 is 1.95 bits per heavy atom. The molecule has 1 unspecified atom stereocenters. The summed E-state index contributed by atoms with van der Waals surface area (Å²) in [4.78, 5) is 20.1. The van der Waals surface area contributed by atoms with Gasteiger partial charge in [0.15, 0.2) is 0 Å². The maximum Gasteiger partial charge on any atom is 0.226 e. The molecule has 5 rings (SSSR count). The summed E-state index contributed by atoms with van der Waals surface area (Å²) < 4.78 is 51.4. The van der Waals surface area contributed by atoms with Crippen molar-refractivity contribution in [1.82, 2.24) is 19.8 Å². The maximum atomic E-state index is 14.9. The van der Waals surface area contributed by atoms with Crippen LogP contribution in [0.15, 0.2) is 54.7 Å². The Morgan fingerprint density at radius 1 is 1.18 bits per heavy atom. The molecule has 2 fully saturated rings. The summed E-state index contributed by atoms with van der Waals surface area (Å²) in [5.74, 6) is -1.14. The van der Waals surface area contributed by atoms with Gasteiger partial charge in [0.25, 0.3) is 0 Å². The standard InChI is InChI=1S/C30H34F3N4O2/c1-2-28(38)37(18-22-15-34-16-26(22)33)29(21-10-12-39-13-11-21)30-35-27(24-14-23(31)8-9-25(24)32)19-36(30)17-20-6-4-3-5-7-20/h2-9,14,19,21-22,26,29,34H,10-13,15-18H2,1H3/t22-,26-,29?/m0/s1. The van der Waals surface area contributed by atoms with E-state index in [1.54, 1.807) is 18.0 Å². The molecule has 1 aromatic heterocycles. The zero-order valence-corrected chi connectivity index (χ0v) is 22.0. The number of imidazole rings is 1. The summed E-state index contributed by atoms with van der Waals surface area (Å²) in [6.07, 6.45) is 3.55. The summed E-state index contributed by atoms with van der Waals surface area (Å²) in [7, 11) is 0. The van der Waals surface area contributed by atoms with Crippen LogP contribution in [0.3, 0.4) is 0 Å². The first-order valence-electron chi connectivity index (χ1n) is 13.5. The van der Waals surface area contributed by atoms with Crippen molar-refractivity contribution in [3.05, 3.63) is 84.2 Å². The number of nitrogens with one attached hydrogen (secondary N) is 1. The first-order chi connectivity index (χ1) is 18.9. The second-order valence-electron chi connectivity index (χ2n) is 10.3. The van der Waals surface area contributed by atoms with Crippen molar-refractivity contribution in [3.63, 3.8) is 0 Å². The van der Waals surface area contributed by atoms with Crippen LogP contribution in [0.2, 0.25) is 0 Å². The predicted molar refractivity (Wildman–Crippen MR) is 142 cm³/mol. The fraction of sp³-hybridized carbons (Fsp3) is 0.433. The molecule has 3 aromatic rings. The molecule has 0 spiro atoms. The fourth-order valence-corrected chi connectivity index (χ4v) is 5.67. The van der Waals surface area contributed by atoms with Gasteiger partial charge >= 0.3 is 0 Å². The van der Waals surface area contributed by atoms with Gasteiger partial charge < -0.3 is 19.5 Å². The zero-order valence-electron chi connectivity index (χ0n) is 22.0. The lowest BCUT2D eigenvalue weighted by molar-refractivity contribution is -0.133. The Morgan fingerprint density at radius 3 is 2.64 bits per heavy atom. The second-order valence-corrected chi connectivity index (χ2v) is 10.3. The van der Waals surface area contributed by atoms with Crippen LogP contribution < -0.4 is 5.32 Å². The van der Waals surface area contributed by atoms with Crippen molar-refractivity contribution >= 4 is 5.91 Å². The third kappa shape index (κ3) is 6.20. The lowest BCUT2D eigenvalue weighted by Gasteiger charge is -2.39. The zero-order chi connectivity index (χ0) is 27.4. The molecule has 2 aliphatic rings. The Kier molecular flexibility index (Phi) is 8.67. The lowest BCUT2D eigenvalue weighted by Crippen LogP contribution is -2.45. The molecule has 1 N–H and O–H groups in total. The van der Waals surface area contributed by atoms with Crippen LogP contribution >= 0.6 is 0 Å². The Balaban J connectivity index is 1.64. The maximum absolute atomic E-state index is 14.9. The van der Waals surface area contributed by atoms with Crippen LogP contribution in [0, 0.1) is 29.9 Å². The molecule has 0 saturated carbocycles. The average molecular weight is 540 g/mol. The molecule has 1 radical (unpaired) electrons. The lowest BCUT2D eigenvalue weighted by atomic mass is 9.88. The number of amides is 1. The third-order valence-corrected chi connectivity index (χ3v) is 7.74. The van der Waals surface area contributed by atoms with Crippen LogP contribution in [-0.2, 0) is 16.1 Å². The van der Waals surface area contributed by atoms with Gasteiger partial charge in [-0.25, -0.2) is 18.2 Å². The second kappa shape index (κ2) is 12.3. The molecule has 3 heterocycles. The number of hydrogen-bond donors (Lipinski definition) is 1. The number of carbonyl (C=O) groups is 1. The third-order valence-electron chi connectivity index (χ3n) is 7.74. The molecular weight excluding hydrogens is 505 g/mol. The summed E-state index contributed by atoms with van der Waals surface area (Å²) in [5, 5.41) is 3.08. The van der Waals surface area contributed by atoms with Crippen molar-refractivity contribution in [3.8, 4) is 11.3 Å². The number of halogens is 3. The summed E-state index contributed by atoms with van der Waals surface area (Å²) in [5.41, 5.74) is 1.34. The summed E-state index contributed by atoms with van der Waals surface area (Å²) in [6, 6.07) is 12.6. The van der Waals surface area contributed by atoms with Crippen molar-refractivity contribution in [2.24, 2.45) is 11.8 Å². The van der Waals surface area contributed by atoms with Crippen molar-refractivity contribution in [2.75, 3.05) is 32.8 Å². The van der Waals surface area contributed by atoms with E-state index in [0.717, 1.165) is 23.8 Å². The molecule has 3 atom stereocenters. The molecule has 2 saturated heterocycles. The minimum atomic E-state index is -1.06. The largest absolute Gasteiger partial charge is 0.381 e. The smallest absolute Gasteiger partial charge is 0.226 e. The highest BCUT2D eigenvalue weighted by molar-refractivity contribution is 5.84. The van der Waals surface area contributed by atoms with E-state index in [1.165, 1.54) is 6.42 Å². The van der Waals surface area contributed by atoms with Crippen LogP contribution in [0.5, 0.6) is 0 Å². The Bertz CT molecular complexity index is 1260. The van der Waals surface area contributed by atoms with Crippen molar-refractivity contribution in [1.29, 1.82) is 0 Å². The molecule has 2 aromatic carbocycles. The van der Waals surface area contributed by atoms with Gasteiger partial charge in [0, 0.05) is 63.5 Å². The monoisotopic (exact) mass is 539 g/mol. The van der Waals surface area contributed by atoms with Gasteiger partial charge in [-0.05, 0) is 42.5 Å². The number of hydrogen-bond acceptors (Lipinski definition) is 4. The fourth-order valence-electron chi connectivity index (χ4n) is 5.67. The van der Waals surface area contributed by atoms with Crippen LogP contribution in [0.4, 0.5) is 13.2 Å². The molecule has 0 bridgehead atoms. The van der Waals surface area contributed by atoms with Crippen LogP contribution in [-0.4, -0.2) is 59.4 Å². The van der Waals surface area contributed by atoms with E-state index < -0.39 is 23.8 Å². The van der Waals surface area contributed by atoms with Crippen molar-refractivity contribution < 1.29 is 22.7 Å². The molecule has 6 nitrogen and oxygen atoms in total. The molecule has 2 aliphatic heterocycles. The van der Waals surface area contributed by atoms with Crippen molar-refractivity contribution in [2.45, 2.75) is 38.5 Å². The van der Waals surface area contributed by atoms with E-state index in [2.05, 4.69) is 5.32 Å². The number of ether oxygens (including phenoxy) is 1. The number of aromatic nitrogens is 2. The van der Waals surface area contributed by atoms with Gasteiger partial charge in [0.1, 0.15) is 23.6 Å². The van der Waals surface area contributed by atoms with Gasteiger partial charge in [0.05, 0.1) is 11.7 Å². The first kappa shape index (κ1) is 27.4. The molecule has 0 aliphatic carbocycles. The first-order valence-corrected chi connectivity index (χ1v) is 13.5. The normalized spacial score (nSPS) is 20.7. The number of carbonyl (C=O) groups excluding carboxylic acids is 1.